The Labute approximate surface area is 97.2 Å². The second-order valence-electron chi connectivity index (χ2n) is 3.96. The quantitative estimate of drug-likeness (QED) is 0.568. The van der Waals surface area contributed by atoms with E-state index in [0.717, 1.165) is 44.7 Å². The summed E-state index contributed by atoms with van der Waals surface area (Å²) in [6, 6.07) is 8.23. The van der Waals surface area contributed by atoms with E-state index in [1.54, 1.807) is 0 Å². The van der Waals surface area contributed by atoms with E-state index < -0.39 is 0 Å². The van der Waals surface area contributed by atoms with E-state index in [0.29, 0.717) is 0 Å². The average molecular weight is 215 g/mol. The maximum absolute atomic E-state index is 5.70. The van der Waals surface area contributed by atoms with Gasteiger partial charge in [0.05, 0.1) is 12.3 Å². The lowest BCUT2D eigenvalue weighted by Gasteiger charge is -2.23. The number of hydrogen-bond acceptors (Lipinski definition) is 2. The number of rotatable bonds is 3. The van der Waals surface area contributed by atoms with Crippen molar-refractivity contribution in [2.75, 3.05) is 24.6 Å². The Kier molecular flexibility index (Phi) is 3.71. The molecule has 16 heavy (non-hydrogen) atoms. The Balaban J connectivity index is 2.10. The highest BCUT2D eigenvalue weighted by Gasteiger charge is 2.14. The van der Waals surface area contributed by atoms with Crippen molar-refractivity contribution >= 4 is 5.69 Å². The van der Waals surface area contributed by atoms with Crippen LogP contribution in [0, 0.1) is 12.3 Å². The van der Waals surface area contributed by atoms with Crippen molar-refractivity contribution in [3.8, 4) is 18.1 Å². The first-order valence-electron chi connectivity index (χ1n) is 5.82. The van der Waals surface area contributed by atoms with Gasteiger partial charge < -0.3 is 9.64 Å². The van der Waals surface area contributed by atoms with Gasteiger partial charge in [0.15, 0.2) is 0 Å². The lowest BCUT2D eigenvalue weighted by Crippen LogP contribution is -2.24. The zero-order valence-corrected chi connectivity index (χ0v) is 9.48. The minimum atomic E-state index is 0.808. The zero-order chi connectivity index (χ0) is 11.2. The smallest absolute Gasteiger partial charge is 0.142 e. The van der Waals surface area contributed by atoms with Crippen molar-refractivity contribution < 1.29 is 4.74 Å². The highest BCUT2D eigenvalue weighted by atomic mass is 16.5. The van der Waals surface area contributed by atoms with Crippen LogP contribution in [0.5, 0.6) is 5.75 Å². The van der Waals surface area contributed by atoms with E-state index in [1.165, 1.54) is 5.69 Å². The third-order valence-corrected chi connectivity index (χ3v) is 2.79. The predicted molar refractivity (Wildman–Crippen MR) is 66.8 cm³/mol. The molecular weight excluding hydrogens is 198 g/mol. The van der Waals surface area contributed by atoms with E-state index in [9.17, 15) is 0 Å². The lowest BCUT2D eigenvalue weighted by molar-refractivity contribution is 0.322. The lowest BCUT2D eigenvalue weighted by atomic mass is 10.2. The molecule has 0 fully saturated rings. The van der Waals surface area contributed by atoms with Crippen LogP contribution in [0.3, 0.4) is 0 Å². The van der Waals surface area contributed by atoms with Gasteiger partial charge in [-0.1, -0.05) is 12.1 Å². The number of terminal acetylenes is 1. The summed E-state index contributed by atoms with van der Waals surface area (Å²) in [6.07, 6.45) is 8.24. The molecule has 0 bridgehead atoms. The molecule has 0 saturated carbocycles. The van der Waals surface area contributed by atoms with Crippen molar-refractivity contribution in [2.45, 2.75) is 19.3 Å². The summed E-state index contributed by atoms with van der Waals surface area (Å²) in [6.45, 7) is 2.88. The zero-order valence-electron chi connectivity index (χ0n) is 9.48. The minimum absolute atomic E-state index is 0.808. The second-order valence-corrected chi connectivity index (χ2v) is 3.96. The Hall–Kier alpha value is -1.62. The number of fused-ring (bicyclic) bond motifs is 1. The summed E-state index contributed by atoms with van der Waals surface area (Å²) >= 11 is 0. The first-order valence-corrected chi connectivity index (χ1v) is 5.82. The van der Waals surface area contributed by atoms with Crippen LogP contribution in [0.1, 0.15) is 19.3 Å². The van der Waals surface area contributed by atoms with Crippen molar-refractivity contribution in [1.82, 2.24) is 0 Å². The van der Waals surface area contributed by atoms with E-state index in [1.807, 2.05) is 12.1 Å². The molecule has 0 aliphatic carbocycles. The van der Waals surface area contributed by atoms with Gasteiger partial charge >= 0.3 is 0 Å². The molecule has 0 amide bonds. The monoisotopic (exact) mass is 215 g/mol. The number of anilines is 1. The van der Waals surface area contributed by atoms with Crippen molar-refractivity contribution in [3.63, 3.8) is 0 Å². The fraction of sp³-hybridized carbons (Fsp3) is 0.429. The second kappa shape index (κ2) is 5.46. The standard InChI is InChI=1S/C14H17NO/c1-2-3-6-10-15-11-7-12-16-14-9-5-4-8-13(14)15/h1,4-5,8-9H,3,6-7,10-12H2. The van der Waals surface area contributed by atoms with Gasteiger partial charge in [0, 0.05) is 19.5 Å². The molecule has 1 aromatic carbocycles. The summed E-state index contributed by atoms with van der Waals surface area (Å²) in [5.74, 6) is 3.69. The Morgan fingerprint density at radius 2 is 2.25 bits per heavy atom. The van der Waals surface area contributed by atoms with Crippen LogP contribution in [0.25, 0.3) is 0 Å². The van der Waals surface area contributed by atoms with Crippen LogP contribution in [0.2, 0.25) is 0 Å². The topological polar surface area (TPSA) is 12.5 Å². The normalized spacial score (nSPS) is 14.6. The molecule has 0 atom stereocenters. The Bertz CT molecular complexity index is 381. The Morgan fingerprint density at radius 1 is 1.38 bits per heavy atom. The number of para-hydroxylation sites is 2. The van der Waals surface area contributed by atoms with Crippen LogP contribution >= 0.6 is 0 Å². The van der Waals surface area contributed by atoms with Gasteiger partial charge in [0.1, 0.15) is 5.75 Å². The molecular formula is C14H17NO. The number of nitrogens with zero attached hydrogens (tertiary/aromatic N) is 1. The number of ether oxygens (including phenoxy) is 1. The first-order chi connectivity index (χ1) is 7.92. The van der Waals surface area contributed by atoms with E-state index >= 15 is 0 Å². The minimum Gasteiger partial charge on any atom is -0.491 e. The maximum atomic E-state index is 5.70. The van der Waals surface area contributed by atoms with Gasteiger partial charge in [0.2, 0.25) is 0 Å². The Morgan fingerprint density at radius 3 is 3.12 bits per heavy atom. The molecule has 1 aromatic rings. The van der Waals surface area contributed by atoms with Gasteiger partial charge in [-0.15, -0.1) is 12.3 Å². The number of benzene rings is 1. The molecule has 0 N–H and O–H groups in total. The third-order valence-electron chi connectivity index (χ3n) is 2.79. The van der Waals surface area contributed by atoms with E-state index in [-0.39, 0.29) is 0 Å². The molecule has 1 heterocycles. The van der Waals surface area contributed by atoms with Gasteiger partial charge in [0.25, 0.3) is 0 Å². The SMILES string of the molecule is C#CCCCN1CCCOc2ccccc21. The van der Waals surface area contributed by atoms with Gasteiger partial charge in [-0.05, 0) is 25.0 Å². The molecule has 84 valence electrons. The number of unbranched alkanes of at least 4 members (excludes halogenated alkanes) is 1. The average Bonchev–Trinajstić information content (AvgIpc) is 2.52. The fourth-order valence-corrected chi connectivity index (χ4v) is 2.00. The predicted octanol–water partition coefficient (Wildman–Crippen LogP) is 2.69. The van der Waals surface area contributed by atoms with Crippen LogP contribution in [0.4, 0.5) is 5.69 Å². The molecule has 2 heteroatoms. The summed E-state index contributed by atoms with van der Waals surface area (Å²) in [7, 11) is 0. The van der Waals surface area contributed by atoms with E-state index in [4.69, 9.17) is 11.2 Å². The molecule has 2 rings (SSSR count). The molecule has 0 radical (unpaired) electrons. The largest absolute Gasteiger partial charge is 0.491 e. The van der Waals surface area contributed by atoms with Crippen molar-refractivity contribution in [2.24, 2.45) is 0 Å². The van der Waals surface area contributed by atoms with Crippen molar-refractivity contribution in [3.05, 3.63) is 24.3 Å². The van der Waals surface area contributed by atoms with Crippen LogP contribution < -0.4 is 9.64 Å². The summed E-state index contributed by atoms with van der Waals surface area (Å²) in [5, 5.41) is 0. The molecule has 1 aliphatic heterocycles. The molecule has 0 unspecified atom stereocenters. The van der Waals surface area contributed by atoms with Gasteiger partial charge in [-0.2, -0.15) is 0 Å². The summed E-state index contributed by atoms with van der Waals surface area (Å²) in [5.41, 5.74) is 1.21. The molecule has 0 spiro atoms. The molecule has 1 aliphatic rings. The molecule has 2 nitrogen and oxygen atoms in total. The summed E-state index contributed by atoms with van der Waals surface area (Å²) < 4.78 is 5.70. The molecule has 0 aromatic heterocycles. The van der Waals surface area contributed by atoms with Crippen LogP contribution in [-0.2, 0) is 0 Å². The van der Waals surface area contributed by atoms with Crippen LogP contribution in [-0.4, -0.2) is 19.7 Å². The van der Waals surface area contributed by atoms with E-state index in [2.05, 4.69) is 23.0 Å². The van der Waals surface area contributed by atoms with Gasteiger partial charge in [-0.25, -0.2) is 0 Å². The summed E-state index contributed by atoms with van der Waals surface area (Å²) in [4.78, 5) is 2.37. The highest BCUT2D eigenvalue weighted by molar-refractivity contribution is 5.58. The first kappa shape index (κ1) is 10.9. The van der Waals surface area contributed by atoms with Crippen LogP contribution in [0.15, 0.2) is 24.3 Å². The highest BCUT2D eigenvalue weighted by Crippen LogP contribution is 2.30. The fourth-order valence-electron chi connectivity index (χ4n) is 2.00. The van der Waals surface area contributed by atoms with Crippen molar-refractivity contribution in [1.29, 1.82) is 0 Å². The third kappa shape index (κ3) is 2.49. The number of hydrogen-bond donors (Lipinski definition) is 0. The maximum Gasteiger partial charge on any atom is 0.142 e. The molecule has 0 saturated heterocycles. The van der Waals surface area contributed by atoms with Gasteiger partial charge in [-0.3, -0.25) is 0 Å².